The Hall–Kier alpha value is -0.450. The number of hydrogen-bond donors (Lipinski definition) is 0. The van der Waals surface area contributed by atoms with Gasteiger partial charge in [-0.2, -0.15) is 0 Å². The summed E-state index contributed by atoms with van der Waals surface area (Å²) in [6.45, 7) is 9.65. The van der Waals surface area contributed by atoms with Crippen molar-refractivity contribution in [3.05, 3.63) is 16.1 Å². The van der Waals surface area contributed by atoms with Crippen LogP contribution in [0.5, 0.6) is 0 Å². The molecule has 3 nitrogen and oxygen atoms in total. The predicted octanol–water partition coefficient (Wildman–Crippen LogP) is 3.33. The van der Waals surface area contributed by atoms with Crippen LogP contribution in [-0.2, 0) is 6.42 Å². The minimum absolute atomic E-state index is 0.488. The number of aromatic nitrogens is 1. The summed E-state index contributed by atoms with van der Waals surface area (Å²) in [6, 6.07) is 1.28. The zero-order valence-electron chi connectivity index (χ0n) is 12.8. The zero-order valence-corrected chi connectivity index (χ0v) is 13.7. The second-order valence-corrected chi connectivity index (χ2v) is 7.38. The average molecular weight is 293 g/mol. The Labute approximate surface area is 127 Å². The standard InChI is InChI=1S/C16H27N3S/c1-3-15-11-17-16(20-15)13(2)19-10-6-9-18-8-5-4-7-14(18)12-19/h11,13-14H,3-10,12H2,1-2H3. The fourth-order valence-corrected chi connectivity index (χ4v) is 4.53. The minimum Gasteiger partial charge on any atom is -0.299 e. The van der Waals surface area contributed by atoms with Gasteiger partial charge in [-0.3, -0.25) is 9.80 Å². The third-order valence-electron chi connectivity index (χ3n) is 4.91. The summed E-state index contributed by atoms with van der Waals surface area (Å²) in [5, 5.41) is 1.31. The molecule has 2 unspecified atom stereocenters. The number of nitrogens with zero attached hydrogens (tertiary/aromatic N) is 3. The Balaban J connectivity index is 1.69. The highest BCUT2D eigenvalue weighted by molar-refractivity contribution is 7.11. The molecule has 112 valence electrons. The first-order chi connectivity index (χ1) is 9.78. The van der Waals surface area contributed by atoms with Crippen molar-refractivity contribution in [1.29, 1.82) is 0 Å². The van der Waals surface area contributed by atoms with E-state index in [0.29, 0.717) is 6.04 Å². The lowest BCUT2D eigenvalue weighted by Gasteiger charge is -2.36. The first-order valence-electron chi connectivity index (χ1n) is 8.20. The summed E-state index contributed by atoms with van der Waals surface area (Å²) in [6.07, 6.45) is 8.70. The molecule has 0 bridgehead atoms. The quantitative estimate of drug-likeness (QED) is 0.852. The molecule has 0 spiro atoms. The van der Waals surface area contributed by atoms with Crippen molar-refractivity contribution in [3.63, 3.8) is 0 Å². The Morgan fingerprint density at radius 3 is 2.95 bits per heavy atom. The molecule has 2 fully saturated rings. The second-order valence-electron chi connectivity index (χ2n) is 6.23. The third-order valence-corrected chi connectivity index (χ3v) is 6.22. The maximum Gasteiger partial charge on any atom is 0.110 e. The van der Waals surface area contributed by atoms with E-state index < -0.39 is 0 Å². The Morgan fingerprint density at radius 1 is 1.30 bits per heavy atom. The van der Waals surface area contributed by atoms with Crippen LogP contribution in [0.25, 0.3) is 0 Å². The normalized spacial score (nSPS) is 27.0. The lowest BCUT2D eigenvalue weighted by molar-refractivity contribution is 0.123. The van der Waals surface area contributed by atoms with Gasteiger partial charge in [-0.25, -0.2) is 4.98 Å². The monoisotopic (exact) mass is 293 g/mol. The summed E-state index contributed by atoms with van der Waals surface area (Å²) in [4.78, 5) is 11.5. The molecule has 20 heavy (non-hydrogen) atoms. The van der Waals surface area contributed by atoms with Crippen LogP contribution in [0.4, 0.5) is 0 Å². The SMILES string of the molecule is CCc1cnc(C(C)N2CCCN3CCCCC3C2)s1. The zero-order chi connectivity index (χ0) is 13.9. The van der Waals surface area contributed by atoms with E-state index in [2.05, 4.69) is 34.8 Å². The smallest absolute Gasteiger partial charge is 0.110 e. The highest BCUT2D eigenvalue weighted by Gasteiger charge is 2.30. The van der Waals surface area contributed by atoms with Gasteiger partial charge in [0.25, 0.3) is 0 Å². The molecule has 0 radical (unpaired) electrons. The largest absolute Gasteiger partial charge is 0.299 e. The molecular weight excluding hydrogens is 266 g/mol. The summed E-state index contributed by atoms with van der Waals surface area (Å²) in [5.74, 6) is 0. The number of fused-ring (bicyclic) bond motifs is 1. The molecule has 1 aromatic heterocycles. The van der Waals surface area contributed by atoms with Gasteiger partial charge in [0.05, 0.1) is 6.04 Å². The molecule has 0 aliphatic carbocycles. The van der Waals surface area contributed by atoms with E-state index in [9.17, 15) is 0 Å². The van der Waals surface area contributed by atoms with E-state index in [1.165, 1.54) is 61.7 Å². The summed E-state index contributed by atoms with van der Waals surface area (Å²) in [5.41, 5.74) is 0. The third kappa shape index (κ3) is 3.07. The molecule has 3 heterocycles. The first-order valence-corrected chi connectivity index (χ1v) is 9.02. The number of thiazole rings is 1. The molecule has 4 heteroatoms. The fraction of sp³-hybridized carbons (Fsp3) is 0.812. The first kappa shape index (κ1) is 14.5. The van der Waals surface area contributed by atoms with Crippen LogP contribution in [0.3, 0.4) is 0 Å². The van der Waals surface area contributed by atoms with Crippen molar-refractivity contribution in [2.75, 3.05) is 26.2 Å². The Bertz CT molecular complexity index is 431. The second kappa shape index (κ2) is 6.54. The van der Waals surface area contributed by atoms with Crippen molar-refractivity contribution in [2.24, 2.45) is 0 Å². The van der Waals surface area contributed by atoms with Gasteiger partial charge in [0.1, 0.15) is 5.01 Å². The predicted molar refractivity (Wildman–Crippen MR) is 85.3 cm³/mol. The maximum atomic E-state index is 4.66. The van der Waals surface area contributed by atoms with Gasteiger partial charge in [0.15, 0.2) is 0 Å². The summed E-state index contributed by atoms with van der Waals surface area (Å²) >= 11 is 1.90. The average Bonchev–Trinajstić information content (AvgIpc) is 2.85. The maximum absolute atomic E-state index is 4.66. The molecule has 0 N–H and O–H groups in total. The van der Waals surface area contributed by atoms with Gasteiger partial charge in [0.2, 0.25) is 0 Å². The van der Waals surface area contributed by atoms with Gasteiger partial charge in [0, 0.05) is 30.2 Å². The Morgan fingerprint density at radius 2 is 2.15 bits per heavy atom. The number of aryl methyl sites for hydroxylation is 1. The van der Waals surface area contributed by atoms with E-state index >= 15 is 0 Å². The molecule has 2 aliphatic rings. The van der Waals surface area contributed by atoms with Gasteiger partial charge in [-0.15, -0.1) is 11.3 Å². The molecule has 2 aliphatic heterocycles. The van der Waals surface area contributed by atoms with Crippen LogP contribution < -0.4 is 0 Å². The molecule has 0 aromatic carbocycles. The van der Waals surface area contributed by atoms with Gasteiger partial charge < -0.3 is 0 Å². The van der Waals surface area contributed by atoms with Gasteiger partial charge in [-0.1, -0.05) is 13.3 Å². The van der Waals surface area contributed by atoms with Crippen molar-refractivity contribution >= 4 is 11.3 Å². The van der Waals surface area contributed by atoms with Crippen LogP contribution in [0, 0.1) is 0 Å². The number of rotatable bonds is 3. The van der Waals surface area contributed by atoms with E-state index in [0.717, 1.165) is 12.5 Å². The van der Waals surface area contributed by atoms with Crippen molar-refractivity contribution < 1.29 is 0 Å². The molecule has 2 atom stereocenters. The molecule has 3 rings (SSSR count). The fourth-order valence-electron chi connectivity index (χ4n) is 3.59. The molecule has 1 aromatic rings. The van der Waals surface area contributed by atoms with Crippen LogP contribution in [0.15, 0.2) is 6.20 Å². The Kier molecular flexibility index (Phi) is 4.74. The van der Waals surface area contributed by atoms with E-state index in [1.54, 1.807) is 0 Å². The highest BCUT2D eigenvalue weighted by atomic mass is 32.1. The van der Waals surface area contributed by atoms with Gasteiger partial charge >= 0.3 is 0 Å². The molecular formula is C16H27N3S. The van der Waals surface area contributed by atoms with Crippen LogP contribution in [0.1, 0.15) is 55.5 Å². The van der Waals surface area contributed by atoms with Crippen LogP contribution in [0.2, 0.25) is 0 Å². The lowest BCUT2D eigenvalue weighted by Crippen LogP contribution is -2.44. The summed E-state index contributed by atoms with van der Waals surface area (Å²) < 4.78 is 0. The topological polar surface area (TPSA) is 19.4 Å². The van der Waals surface area contributed by atoms with Crippen LogP contribution >= 0.6 is 11.3 Å². The molecule has 0 amide bonds. The summed E-state index contributed by atoms with van der Waals surface area (Å²) in [7, 11) is 0. The van der Waals surface area contributed by atoms with Gasteiger partial charge in [-0.05, 0) is 45.7 Å². The minimum atomic E-state index is 0.488. The van der Waals surface area contributed by atoms with E-state index in [4.69, 9.17) is 0 Å². The molecule has 0 saturated carbocycles. The van der Waals surface area contributed by atoms with Crippen molar-refractivity contribution in [2.45, 2.75) is 58.0 Å². The number of piperidine rings is 1. The highest BCUT2D eigenvalue weighted by Crippen LogP contribution is 2.29. The van der Waals surface area contributed by atoms with Crippen molar-refractivity contribution in [1.82, 2.24) is 14.8 Å². The van der Waals surface area contributed by atoms with Crippen LogP contribution in [-0.4, -0.2) is 47.0 Å². The molecule has 2 saturated heterocycles. The lowest BCUT2D eigenvalue weighted by atomic mass is 10.0. The van der Waals surface area contributed by atoms with E-state index in [-0.39, 0.29) is 0 Å². The number of hydrogen-bond acceptors (Lipinski definition) is 4. The van der Waals surface area contributed by atoms with Crippen molar-refractivity contribution in [3.8, 4) is 0 Å². The van der Waals surface area contributed by atoms with E-state index in [1.807, 2.05) is 11.3 Å².